The van der Waals surface area contributed by atoms with Gasteiger partial charge in [0.15, 0.2) is 11.5 Å². The molecule has 0 heterocycles. The van der Waals surface area contributed by atoms with Crippen molar-refractivity contribution in [1.82, 2.24) is 5.32 Å². The van der Waals surface area contributed by atoms with Gasteiger partial charge in [-0.3, -0.25) is 4.79 Å². The molecule has 0 spiro atoms. The van der Waals surface area contributed by atoms with Crippen molar-refractivity contribution in [2.24, 2.45) is 0 Å². The summed E-state index contributed by atoms with van der Waals surface area (Å²) in [6.45, 7) is 0.231. The zero-order valence-corrected chi connectivity index (χ0v) is 19.5. The second-order valence-corrected chi connectivity index (χ2v) is 7.81. The molecule has 0 bridgehead atoms. The number of benzene rings is 2. The monoisotopic (exact) mass is 546 g/mol. The Bertz CT molecular complexity index is 988. The molecule has 9 heteroatoms. The van der Waals surface area contributed by atoms with Gasteiger partial charge in [0.05, 0.1) is 21.6 Å². The van der Waals surface area contributed by atoms with Crippen LogP contribution in [0.5, 0.6) is 11.5 Å². The molecule has 0 aliphatic heterocycles. The fourth-order valence-corrected chi connectivity index (χ4v) is 3.49. The number of halogens is 4. The lowest BCUT2D eigenvalue weighted by atomic mass is 10.1. The highest BCUT2D eigenvalue weighted by Crippen LogP contribution is 2.43. The van der Waals surface area contributed by atoms with E-state index < -0.39 is 5.91 Å². The molecule has 28 heavy (non-hydrogen) atoms. The van der Waals surface area contributed by atoms with Gasteiger partial charge in [0, 0.05) is 11.5 Å². The van der Waals surface area contributed by atoms with Crippen LogP contribution < -0.4 is 14.8 Å². The first-order valence-electron chi connectivity index (χ1n) is 7.79. The Hall–Kier alpha value is -1.72. The number of hydrogen-bond donors (Lipinski definition) is 1. The van der Waals surface area contributed by atoms with Crippen LogP contribution in [0.25, 0.3) is 6.08 Å². The Kier molecular flexibility index (Phi) is 8.20. The second-order valence-electron chi connectivity index (χ2n) is 5.41. The van der Waals surface area contributed by atoms with E-state index in [-0.39, 0.29) is 12.2 Å². The van der Waals surface area contributed by atoms with Crippen LogP contribution in [0, 0.1) is 11.3 Å². The molecule has 0 aromatic heterocycles. The number of hydrogen-bond acceptors (Lipinski definition) is 4. The van der Waals surface area contributed by atoms with E-state index in [1.807, 2.05) is 12.1 Å². The van der Waals surface area contributed by atoms with Gasteiger partial charge in [-0.1, -0.05) is 29.3 Å². The van der Waals surface area contributed by atoms with Gasteiger partial charge in [0.1, 0.15) is 18.2 Å². The molecule has 1 N–H and O–H groups in total. The lowest BCUT2D eigenvalue weighted by Gasteiger charge is -2.16. The van der Waals surface area contributed by atoms with E-state index in [4.69, 9.17) is 32.7 Å². The van der Waals surface area contributed by atoms with Crippen molar-refractivity contribution in [3.63, 3.8) is 0 Å². The zero-order chi connectivity index (χ0) is 20.8. The first-order valence-corrected chi connectivity index (χ1v) is 10.1. The predicted octanol–water partition coefficient (Wildman–Crippen LogP) is 5.76. The molecule has 2 aromatic carbocycles. The van der Waals surface area contributed by atoms with Gasteiger partial charge >= 0.3 is 0 Å². The molecule has 0 atom stereocenters. The van der Waals surface area contributed by atoms with Gasteiger partial charge in [0.2, 0.25) is 0 Å². The lowest BCUT2D eigenvalue weighted by molar-refractivity contribution is -0.116. The fraction of sp³-hybridized carbons (Fsp3) is 0.158. The highest BCUT2D eigenvalue weighted by atomic mass is 79.9. The predicted molar refractivity (Wildman–Crippen MR) is 117 cm³/mol. The summed E-state index contributed by atoms with van der Waals surface area (Å²) in [5, 5.41) is 12.5. The first kappa shape index (κ1) is 22.6. The van der Waals surface area contributed by atoms with Crippen LogP contribution >= 0.6 is 55.1 Å². The Balaban J connectivity index is 2.40. The number of likely N-dealkylation sites (N-methyl/N-ethyl adjacent to an activating group) is 1. The standard InChI is InChI=1S/C19H14Br2Cl2N2O3/c1-25-19(26)12(8-24)6-11-7-15(27-2)18(17(21)16(11)20)28-9-10-3-4-13(22)14(23)5-10/h3-7H,9H2,1-2H3,(H,25,26)/b12-6-. The topological polar surface area (TPSA) is 71.4 Å². The van der Waals surface area contributed by atoms with E-state index in [2.05, 4.69) is 37.2 Å². The molecule has 1 amide bonds. The molecule has 5 nitrogen and oxygen atoms in total. The Labute approximate surface area is 189 Å². The van der Waals surface area contributed by atoms with Gasteiger partial charge in [-0.25, -0.2) is 0 Å². The molecule has 0 radical (unpaired) electrons. The highest BCUT2D eigenvalue weighted by Gasteiger charge is 2.18. The summed E-state index contributed by atoms with van der Waals surface area (Å²) in [6, 6.07) is 8.77. The van der Waals surface area contributed by atoms with Crippen molar-refractivity contribution in [2.75, 3.05) is 14.2 Å². The molecule has 0 saturated heterocycles. The Morgan fingerprint density at radius 1 is 1.25 bits per heavy atom. The number of rotatable bonds is 6. The van der Waals surface area contributed by atoms with Crippen LogP contribution in [-0.2, 0) is 11.4 Å². The maximum Gasteiger partial charge on any atom is 0.261 e. The quantitative estimate of drug-likeness (QED) is 0.368. The van der Waals surface area contributed by atoms with Crippen molar-refractivity contribution in [3.05, 3.63) is 60.0 Å². The molecule has 2 aromatic rings. The van der Waals surface area contributed by atoms with E-state index in [0.717, 1.165) is 5.56 Å². The van der Waals surface area contributed by atoms with E-state index in [9.17, 15) is 10.1 Å². The van der Waals surface area contributed by atoms with Gasteiger partial charge in [0.25, 0.3) is 5.91 Å². The third-order valence-corrected chi connectivity index (χ3v) is 6.52. The second kappa shape index (κ2) is 10.2. The van der Waals surface area contributed by atoms with E-state index >= 15 is 0 Å². The van der Waals surface area contributed by atoms with Crippen molar-refractivity contribution < 1.29 is 14.3 Å². The van der Waals surface area contributed by atoms with Gasteiger partial charge < -0.3 is 14.8 Å². The number of amides is 1. The lowest BCUT2D eigenvalue weighted by Crippen LogP contribution is -2.19. The molecular weight excluding hydrogens is 535 g/mol. The summed E-state index contributed by atoms with van der Waals surface area (Å²) in [4.78, 5) is 11.8. The van der Waals surface area contributed by atoms with Crippen molar-refractivity contribution >= 4 is 67.0 Å². The van der Waals surface area contributed by atoms with Crippen LogP contribution in [0.3, 0.4) is 0 Å². The average Bonchev–Trinajstić information content (AvgIpc) is 2.70. The van der Waals surface area contributed by atoms with E-state index in [1.165, 1.54) is 20.2 Å². The number of nitrogens with zero attached hydrogens (tertiary/aromatic N) is 1. The largest absolute Gasteiger partial charge is 0.493 e. The molecule has 0 fully saturated rings. The number of ether oxygens (including phenoxy) is 2. The first-order chi connectivity index (χ1) is 13.3. The average molecular weight is 549 g/mol. The molecule has 0 unspecified atom stereocenters. The minimum absolute atomic E-state index is 0.0402. The minimum atomic E-state index is -0.482. The number of carbonyl (C=O) groups is 1. The van der Waals surface area contributed by atoms with Crippen LogP contribution in [0.2, 0.25) is 10.0 Å². The summed E-state index contributed by atoms with van der Waals surface area (Å²) in [6.07, 6.45) is 1.46. The van der Waals surface area contributed by atoms with Crippen molar-refractivity contribution in [2.45, 2.75) is 6.61 Å². The van der Waals surface area contributed by atoms with Crippen molar-refractivity contribution in [3.8, 4) is 17.6 Å². The van der Waals surface area contributed by atoms with Crippen LogP contribution in [0.1, 0.15) is 11.1 Å². The summed E-state index contributed by atoms with van der Waals surface area (Å²) < 4.78 is 12.5. The molecule has 0 aliphatic carbocycles. The van der Waals surface area contributed by atoms with E-state index in [0.29, 0.717) is 36.1 Å². The number of nitriles is 1. The Morgan fingerprint density at radius 2 is 1.96 bits per heavy atom. The van der Waals surface area contributed by atoms with Gasteiger partial charge in [-0.2, -0.15) is 5.26 Å². The smallest absolute Gasteiger partial charge is 0.261 e. The summed E-state index contributed by atoms with van der Waals surface area (Å²) in [7, 11) is 2.96. The SMILES string of the molecule is CNC(=O)/C(C#N)=C\c1cc(OC)c(OCc2ccc(Cl)c(Cl)c2)c(Br)c1Br. The number of carbonyl (C=O) groups excluding carboxylic acids is 1. The maximum absolute atomic E-state index is 11.8. The molecule has 0 saturated carbocycles. The Morgan fingerprint density at radius 3 is 2.54 bits per heavy atom. The highest BCUT2D eigenvalue weighted by molar-refractivity contribution is 9.13. The van der Waals surface area contributed by atoms with Gasteiger partial charge in [-0.05, 0) is 67.3 Å². The molecule has 0 aliphatic rings. The molecule has 146 valence electrons. The summed E-state index contributed by atoms with van der Waals surface area (Å²) >= 11 is 18.9. The summed E-state index contributed by atoms with van der Waals surface area (Å²) in [5.74, 6) is 0.399. The number of methoxy groups -OCH3 is 1. The summed E-state index contributed by atoms with van der Waals surface area (Å²) in [5.41, 5.74) is 1.36. The minimum Gasteiger partial charge on any atom is -0.493 e. The third kappa shape index (κ3) is 5.21. The van der Waals surface area contributed by atoms with Gasteiger partial charge in [-0.15, -0.1) is 0 Å². The van der Waals surface area contributed by atoms with Crippen LogP contribution in [0.15, 0.2) is 38.8 Å². The molecular formula is C19H14Br2Cl2N2O3. The maximum atomic E-state index is 11.8. The fourth-order valence-electron chi connectivity index (χ4n) is 2.22. The van der Waals surface area contributed by atoms with Crippen LogP contribution in [0.4, 0.5) is 0 Å². The van der Waals surface area contributed by atoms with Crippen molar-refractivity contribution in [1.29, 1.82) is 5.26 Å². The normalized spacial score (nSPS) is 11.0. The van der Waals surface area contributed by atoms with E-state index in [1.54, 1.807) is 18.2 Å². The van der Waals surface area contributed by atoms with Crippen LogP contribution in [-0.4, -0.2) is 20.1 Å². The molecule has 2 rings (SSSR count). The third-order valence-electron chi connectivity index (χ3n) is 3.63. The number of nitrogens with one attached hydrogen (secondary N) is 1. The zero-order valence-electron chi connectivity index (χ0n) is 14.8.